The number of nitrogens with zero attached hydrogens (tertiary/aromatic N) is 4. The van der Waals surface area contributed by atoms with E-state index < -0.39 is 0 Å². The second kappa shape index (κ2) is 4.60. The van der Waals surface area contributed by atoms with E-state index in [0.29, 0.717) is 5.02 Å². The third kappa shape index (κ3) is 2.13. The van der Waals surface area contributed by atoms with Crippen molar-refractivity contribution in [2.75, 3.05) is 26.2 Å². The molecule has 2 aromatic rings. The second-order valence-electron chi connectivity index (χ2n) is 4.19. The third-order valence-electron chi connectivity index (χ3n) is 3.03. The summed E-state index contributed by atoms with van der Waals surface area (Å²) in [5.74, 6) is 0.949. The van der Waals surface area contributed by atoms with Gasteiger partial charge in [0.05, 0.1) is 11.6 Å². The van der Waals surface area contributed by atoms with Crippen molar-refractivity contribution in [3.63, 3.8) is 0 Å². The summed E-state index contributed by atoms with van der Waals surface area (Å²) in [6.07, 6.45) is 1.96. The van der Waals surface area contributed by atoms with E-state index in [0.717, 1.165) is 44.2 Å². The number of nitrogens with one attached hydrogen (secondary N) is 1. The molecule has 0 saturated carbocycles. The summed E-state index contributed by atoms with van der Waals surface area (Å²) in [6, 6.07) is 3.75. The molecule has 17 heavy (non-hydrogen) atoms. The lowest BCUT2D eigenvalue weighted by atomic mass is 10.3. The van der Waals surface area contributed by atoms with Crippen LogP contribution >= 0.6 is 11.6 Å². The summed E-state index contributed by atoms with van der Waals surface area (Å²) in [4.78, 5) is 2.37. The molecule has 0 aromatic carbocycles. The first-order valence-corrected chi connectivity index (χ1v) is 6.13. The maximum absolute atomic E-state index is 6.07. The van der Waals surface area contributed by atoms with Crippen molar-refractivity contribution in [1.82, 2.24) is 24.8 Å². The minimum absolute atomic E-state index is 0.645. The Morgan fingerprint density at radius 1 is 1.29 bits per heavy atom. The molecule has 0 unspecified atom stereocenters. The third-order valence-corrected chi connectivity index (χ3v) is 3.33. The van der Waals surface area contributed by atoms with Gasteiger partial charge in [0.15, 0.2) is 11.5 Å². The summed E-state index contributed by atoms with van der Waals surface area (Å²) < 4.78 is 1.96. The minimum atomic E-state index is 0.645. The molecule has 1 aliphatic rings. The van der Waals surface area contributed by atoms with Gasteiger partial charge in [-0.15, -0.1) is 10.2 Å². The summed E-state index contributed by atoms with van der Waals surface area (Å²) in [5, 5.41) is 12.3. The van der Waals surface area contributed by atoms with Crippen LogP contribution in [0.5, 0.6) is 0 Å². The smallest absolute Gasteiger partial charge is 0.179 e. The molecule has 3 rings (SSSR count). The predicted molar refractivity (Wildman–Crippen MR) is 66.1 cm³/mol. The van der Waals surface area contributed by atoms with Crippen LogP contribution in [0.3, 0.4) is 0 Å². The molecule has 0 aliphatic carbocycles. The molecule has 90 valence electrons. The monoisotopic (exact) mass is 251 g/mol. The van der Waals surface area contributed by atoms with E-state index in [4.69, 9.17) is 11.6 Å². The topological polar surface area (TPSA) is 45.5 Å². The van der Waals surface area contributed by atoms with Gasteiger partial charge < -0.3 is 5.32 Å². The zero-order valence-corrected chi connectivity index (χ0v) is 10.2. The van der Waals surface area contributed by atoms with Gasteiger partial charge in [-0.1, -0.05) is 11.6 Å². The predicted octanol–water partition coefficient (Wildman–Crippen LogP) is 0.788. The highest BCUT2D eigenvalue weighted by atomic mass is 35.5. The van der Waals surface area contributed by atoms with Crippen molar-refractivity contribution in [2.24, 2.45) is 0 Å². The van der Waals surface area contributed by atoms with Gasteiger partial charge >= 0.3 is 0 Å². The average molecular weight is 252 g/mol. The van der Waals surface area contributed by atoms with Gasteiger partial charge in [0.25, 0.3) is 0 Å². The number of pyridine rings is 1. The van der Waals surface area contributed by atoms with E-state index in [1.54, 1.807) is 0 Å². The van der Waals surface area contributed by atoms with Crippen LogP contribution < -0.4 is 5.32 Å². The quantitative estimate of drug-likeness (QED) is 0.857. The Morgan fingerprint density at radius 2 is 2.12 bits per heavy atom. The van der Waals surface area contributed by atoms with Gasteiger partial charge in [-0.3, -0.25) is 9.30 Å². The molecule has 5 nitrogen and oxygen atoms in total. The normalized spacial score (nSPS) is 17.7. The van der Waals surface area contributed by atoms with Crippen LogP contribution in [-0.4, -0.2) is 45.7 Å². The molecule has 3 heterocycles. The Balaban J connectivity index is 1.87. The average Bonchev–Trinajstić information content (AvgIpc) is 2.76. The van der Waals surface area contributed by atoms with Crippen molar-refractivity contribution < 1.29 is 0 Å². The molecule has 0 radical (unpaired) electrons. The molecule has 1 saturated heterocycles. The van der Waals surface area contributed by atoms with Crippen molar-refractivity contribution in [3.8, 4) is 0 Å². The molecule has 1 aliphatic heterocycles. The molecule has 1 fully saturated rings. The molecule has 0 bridgehead atoms. The Bertz CT molecular complexity index is 518. The first-order chi connectivity index (χ1) is 8.34. The van der Waals surface area contributed by atoms with Gasteiger partial charge in [-0.2, -0.15) is 0 Å². The fourth-order valence-electron chi connectivity index (χ4n) is 2.11. The van der Waals surface area contributed by atoms with Crippen LogP contribution in [0.1, 0.15) is 5.82 Å². The molecular weight excluding hydrogens is 238 g/mol. The summed E-state index contributed by atoms with van der Waals surface area (Å²) >= 11 is 6.07. The number of piperazine rings is 1. The highest BCUT2D eigenvalue weighted by molar-refractivity contribution is 6.33. The van der Waals surface area contributed by atoms with Gasteiger partial charge in [0.2, 0.25) is 0 Å². The standard InChI is InChI=1S/C11H14ClN5/c12-9-2-1-5-17-10(14-15-11(9)17)8-16-6-3-13-4-7-16/h1-2,5,13H,3-4,6-8H2. The maximum Gasteiger partial charge on any atom is 0.179 e. The summed E-state index contributed by atoms with van der Waals surface area (Å²) in [7, 11) is 0. The van der Waals surface area contributed by atoms with Crippen molar-refractivity contribution in [3.05, 3.63) is 29.2 Å². The zero-order valence-electron chi connectivity index (χ0n) is 9.43. The van der Waals surface area contributed by atoms with E-state index >= 15 is 0 Å². The summed E-state index contributed by atoms with van der Waals surface area (Å²) in [5.41, 5.74) is 0.735. The van der Waals surface area contributed by atoms with E-state index in [1.165, 1.54) is 0 Å². The maximum atomic E-state index is 6.07. The van der Waals surface area contributed by atoms with Gasteiger partial charge in [-0.05, 0) is 12.1 Å². The largest absolute Gasteiger partial charge is 0.314 e. The Kier molecular flexibility index (Phi) is 2.96. The minimum Gasteiger partial charge on any atom is -0.314 e. The fourth-order valence-corrected chi connectivity index (χ4v) is 2.31. The van der Waals surface area contributed by atoms with E-state index in [2.05, 4.69) is 20.4 Å². The van der Waals surface area contributed by atoms with E-state index in [9.17, 15) is 0 Å². The van der Waals surface area contributed by atoms with Gasteiger partial charge in [0, 0.05) is 32.4 Å². The first-order valence-electron chi connectivity index (χ1n) is 5.76. The molecule has 2 aromatic heterocycles. The van der Waals surface area contributed by atoms with Crippen LogP contribution in [-0.2, 0) is 6.54 Å². The van der Waals surface area contributed by atoms with Gasteiger partial charge in [0.1, 0.15) is 0 Å². The highest BCUT2D eigenvalue weighted by Crippen LogP contribution is 2.16. The number of hydrogen-bond acceptors (Lipinski definition) is 4. The molecule has 0 amide bonds. The van der Waals surface area contributed by atoms with E-state index in [1.807, 2.05) is 22.7 Å². The summed E-state index contributed by atoms with van der Waals surface area (Å²) in [6.45, 7) is 5.00. The number of fused-ring (bicyclic) bond motifs is 1. The van der Waals surface area contributed by atoms with Crippen molar-refractivity contribution >= 4 is 17.2 Å². The number of rotatable bonds is 2. The van der Waals surface area contributed by atoms with Gasteiger partial charge in [-0.25, -0.2) is 0 Å². The first kappa shape index (κ1) is 11.0. The Hall–Kier alpha value is -1.17. The Labute approximate surface area is 104 Å². The lowest BCUT2D eigenvalue weighted by Gasteiger charge is -2.26. The van der Waals surface area contributed by atoms with Crippen LogP contribution in [0.4, 0.5) is 0 Å². The fraction of sp³-hybridized carbons (Fsp3) is 0.455. The van der Waals surface area contributed by atoms with Crippen LogP contribution in [0, 0.1) is 0 Å². The van der Waals surface area contributed by atoms with Crippen LogP contribution in [0.15, 0.2) is 18.3 Å². The SMILES string of the molecule is Clc1cccn2c(CN3CCNCC3)nnc12. The van der Waals surface area contributed by atoms with Crippen molar-refractivity contribution in [1.29, 1.82) is 0 Å². The highest BCUT2D eigenvalue weighted by Gasteiger charge is 2.14. The number of hydrogen-bond donors (Lipinski definition) is 1. The Morgan fingerprint density at radius 3 is 2.94 bits per heavy atom. The molecular formula is C11H14ClN5. The number of aromatic nitrogens is 3. The molecule has 6 heteroatoms. The molecule has 0 spiro atoms. The van der Waals surface area contributed by atoms with E-state index in [-0.39, 0.29) is 0 Å². The lowest BCUT2D eigenvalue weighted by molar-refractivity contribution is 0.227. The number of halogens is 1. The molecule has 0 atom stereocenters. The zero-order chi connectivity index (χ0) is 11.7. The van der Waals surface area contributed by atoms with Crippen LogP contribution in [0.25, 0.3) is 5.65 Å². The molecule has 1 N–H and O–H groups in total. The van der Waals surface area contributed by atoms with Crippen LogP contribution in [0.2, 0.25) is 5.02 Å². The lowest BCUT2D eigenvalue weighted by Crippen LogP contribution is -2.43. The second-order valence-corrected chi connectivity index (χ2v) is 4.60. The van der Waals surface area contributed by atoms with Crippen molar-refractivity contribution in [2.45, 2.75) is 6.54 Å².